The van der Waals surface area contributed by atoms with Crippen molar-refractivity contribution in [3.63, 3.8) is 0 Å². The zero-order valence-corrected chi connectivity index (χ0v) is 8.66. The summed E-state index contributed by atoms with van der Waals surface area (Å²) in [7, 11) is 6.58. The van der Waals surface area contributed by atoms with Crippen molar-refractivity contribution in [3.05, 3.63) is 11.9 Å². The molecule has 0 fully saturated rings. The van der Waals surface area contributed by atoms with Gasteiger partial charge < -0.3 is 5.11 Å². The largest absolute Gasteiger partial charge is 0.390 e. The first-order valence-corrected chi connectivity index (χ1v) is 5.81. The second kappa shape index (κ2) is 3.75. The minimum absolute atomic E-state index is 0.121. The minimum atomic E-state index is -0.121. The third kappa shape index (κ3) is 1.76. The molecule has 0 aliphatic rings. The Morgan fingerprint density at radius 2 is 2.38 bits per heavy atom. The van der Waals surface area contributed by atoms with Crippen molar-refractivity contribution in [2.45, 2.75) is 10.9 Å². The van der Waals surface area contributed by atoms with Gasteiger partial charge in [0.1, 0.15) is 0 Å². The van der Waals surface area contributed by atoms with Gasteiger partial charge in [-0.2, -0.15) is 0 Å². The quantitative estimate of drug-likeness (QED) is 0.858. The Morgan fingerprint density at radius 1 is 1.54 bits per heavy atom. The van der Waals surface area contributed by atoms with Crippen LogP contribution in [0.1, 0.15) is 5.69 Å². The number of hydrogen-bond donors (Lipinski definition) is 1. The second-order valence-electron chi connectivity index (χ2n) is 2.21. The molecule has 0 spiro atoms. The van der Waals surface area contributed by atoms with Gasteiger partial charge in [-0.15, -0.1) is 0 Å². The molecule has 68 valence electrons. The van der Waals surface area contributed by atoms with Gasteiger partial charge >= 0.3 is 0 Å². The van der Waals surface area contributed by atoms with E-state index in [0.29, 0.717) is 15.7 Å². The average molecular weight is 234 g/mol. The molecule has 0 aromatic carbocycles. The van der Waals surface area contributed by atoms with Crippen LogP contribution in [0.4, 0.5) is 0 Å². The summed E-state index contributed by atoms with van der Waals surface area (Å²) in [4.78, 5) is 13.0. The van der Waals surface area contributed by atoms with E-state index in [9.17, 15) is 0 Å². The Balaban J connectivity index is 2.57. The highest BCUT2D eigenvalue weighted by atomic mass is 35.7. The van der Waals surface area contributed by atoms with Crippen LogP contribution >= 0.6 is 33.0 Å². The van der Waals surface area contributed by atoms with Crippen LogP contribution in [0.5, 0.6) is 0 Å². The van der Waals surface area contributed by atoms with E-state index in [0.717, 1.165) is 15.8 Å². The Hall–Kier alpha value is -0.430. The van der Waals surface area contributed by atoms with E-state index in [1.54, 1.807) is 0 Å². The lowest BCUT2D eigenvalue weighted by Crippen LogP contribution is -1.90. The number of thiazole rings is 1. The van der Waals surface area contributed by atoms with E-state index < -0.39 is 0 Å². The highest BCUT2D eigenvalue weighted by molar-refractivity contribution is 8.22. The molecule has 0 atom stereocenters. The number of rotatable bonds is 2. The van der Waals surface area contributed by atoms with Crippen molar-refractivity contribution in [2.24, 2.45) is 0 Å². The predicted molar refractivity (Wildman–Crippen MR) is 52.8 cm³/mol. The first-order valence-electron chi connectivity index (χ1n) is 3.35. The summed E-state index contributed by atoms with van der Waals surface area (Å²) in [6.45, 7) is -0.121. The van der Waals surface area contributed by atoms with Crippen molar-refractivity contribution in [1.29, 1.82) is 0 Å². The standard InChI is InChI=1S/C6H4ClN3OS2/c7-13-6-10-4-5(12-6)8-1-3(2-11)9-4/h1,11H,2H2. The number of aromatic nitrogens is 3. The van der Waals surface area contributed by atoms with Crippen molar-refractivity contribution < 1.29 is 5.11 Å². The summed E-state index contributed by atoms with van der Waals surface area (Å²) in [6.07, 6.45) is 1.53. The molecule has 7 heteroatoms. The fraction of sp³-hybridized carbons (Fsp3) is 0.167. The summed E-state index contributed by atoms with van der Waals surface area (Å²) < 4.78 is 0.715. The molecule has 0 radical (unpaired) electrons. The van der Waals surface area contributed by atoms with E-state index in [1.807, 2.05) is 0 Å². The topological polar surface area (TPSA) is 58.9 Å². The van der Waals surface area contributed by atoms with E-state index in [4.69, 9.17) is 15.8 Å². The molecule has 0 aliphatic heterocycles. The van der Waals surface area contributed by atoms with Crippen LogP contribution in [0, 0.1) is 0 Å². The van der Waals surface area contributed by atoms with Crippen molar-refractivity contribution in [1.82, 2.24) is 15.0 Å². The first-order chi connectivity index (χ1) is 6.33. The highest BCUT2D eigenvalue weighted by Crippen LogP contribution is 2.29. The SMILES string of the molecule is OCc1cnc2sc(SCl)nc2n1. The Bertz CT molecular complexity index is 431. The molecular weight excluding hydrogens is 230 g/mol. The maximum Gasteiger partial charge on any atom is 0.191 e. The van der Waals surface area contributed by atoms with Crippen LogP contribution in [0.25, 0.3) is 10.5 Å². The van der Waals surface area contributed by atoms with Gasteiger partial charge in [-0.1, -0.05) is 11.3 Å². The van der Waals surface area contributed by atoms with Crippen LogP contribution in [-0.4, -0.2) is 20.1 Å². The zero-order valence-electron chi connectivity index (χ0n) is 6.27. The molecule has 0 saturated heterocycles. The second-order valence-corrected chi connectivity index (χ2v) is 4.44. The van der Waals surface area contributed by atoms with Crippen LogP contribution in [-0.2, 0) is 6.61 Å². The number of halogens is 1. The molecule has 13 heavy (non-hydrogen) atoms. The summed E-state index contributed by atoms with van der Waals surface area (Å²) in [5, 5.41) is 8.80. The summed E-state index contributed by atoms with van der Waals surface area (Å²) in [5.41, 5.74) is 1.06. The summed E-state index contributed by atoms with van der Waals surface area (Å²) >= 11 is 1.38. The fourth-order valence-electron chi connectivity index (χ4n) is 0.850. The van der Waals surface area contributed by atoms with E-state index in [-0.39, 0.29) is 6.61 Å². The fourth-order valence-corrected chi connectivity index (χ4v) is 2.31. The van der Waals surface area contributed by atoms with Gasteiger partial charge in [-0.05, 0) is 10.7 Å². The van der Waals surface area contributed by atoms with Gasteiger partial charge in [-0.25, -0.2) is 15.0 Å². The molecule has 2 rings (SSSR count). The minimum Gasteiger partial charge on any atom is -0.390 e. The van der Waals surface area contributed by atoms with Crippen molar-refractivity contribution >= 4 is 43.5 Å². The zero-order chi connectivity index (χ0) is 9.26. The van der Waals surface area contributed by atoms with Gasteiger partial charge in [0.15, 0.2) is 14.8 Å². The molecule has 0 amide bonds. The predicted octanol–water partition coefficient (Wildman–Crippen LogP) is 1.82. The number of aliphatic hydroxyl groups excluding tert-OH is 1. The third-order valence-corrected chi connectivity index (χ3v) is 3.56. The molecule has 4 nitrogen and oxygen atoms in total. The lowest BCUT2D eigenvalue weighted by Gasteiger charge is -1.91. The van der Waals surface area contributed by atoms with Crippen LogP contribution < -0.4 is 0 Å². The normalized spacial score (nSPS) is 10.9. The molecular formula is C6H4ClN3OS2. The third-order valence-electron chi connectivity index (χ3n) is 1.38. The number of nitrogens with zero attached hydrogens (tertiary/aromatic N) is 3. The van der Waals surface area contributed by atoms with Crippen molar-refractivity contribution in [3.8, 4) is 0 Å². The van der Waals surface area contributed by atoms with Gasteiger partial charge in [0, 0.05) is 11.0 Å². The number of hydrogen-bond acceptors (Lipinski definition) is 6. The lowest BCUT2D eigenvalue weighted by atomic mass is 10.5. The Labute approximate surface area is 86.5 Å². The van der Waals surface area contributed by atoms with Crippen LogP contribution in [0.2, 0.25) is 0 Å². The van der Waals surface area contributed by atoms with E-state index in [1.165, 1.54) is 17.5 Å². The van der Waals surface area contributed by atoms with Crippen LogP contribution in [0.15, 0.2) is 10.5 Å². The molecule has 0 aliphatic carbocycles. The molecule has 2 aromatic rings. The molecule has 0 saturated carbocycles. The van der Waals surface area contributed by atoms with E-state index in [2.05, 4.69) is 15.0 Å². The molecule has 2 heterocycles. The maximum absolute atomic E-state index is 8.80. The van der Waals surface area contributed by atoms with Crippen molar-refractivity contribution in [2.75, 3.05) is 0 Å². The monoisotopic (exact) mass is 233 g/mol. The van der Waals surface area contributed by atoms with Gasteiger partial charge in [-0.3, -0.25) is 0 Å². The summed E-state index contributed by atoms with van der Waals surface area (Å²) in [5.74, 6) is 0. The Morgan fingerprint density at radius 3 is 3.08 bits per heavy atom. The first kappa shape index (κ1) is 9.14. The highest BCUT2D eigenvalue weighted by Gasteiger charge is 2.06. The number of aliphatic hydroxyl groups is 1. The smallest absolute Gasteiger partial charge is 0.191 e. The lowest BCUT2D eigenvalue weighted by molar-refractivity contribution is 0.277. The van der Waals surface area contributed by atoms with Gasteiger partial charge in [0.2, 0.25) is 0 Å². The maximum atomic E-state index is 8.80. The average Bonchev–Trinajstić information content (AvgIpc) is 2.58. The van der Waals surface area contributed by atoms with E-state index >= 15 is 0 Å². The molecule has 2 aromatic heterocycles. The van der Waals surface area contributed by atoms with Gasteiger partial charge in [0.25, 0.3) is 0 Å². The molecule has 0 unspecified atom stereocenters. The van der Waals surface area contributed by atoms with Crippen LogP contribution in [0.3, 0.4) is 0 Å². The number of fused-ring (bicyclic) bond motifs is 1. The molecule has 0 bridgehead atoms. The summed E-state index contributed by atoms with van der Waals surface area (Å²) in [6, 6.07) is 0. The Kier molecular flexibility index (Phi) is 2.63. The molecule has 1 N–H and O–H groups in total. The van der Waals surface area contributed by atoms with Gasteiger partial charge in [0.05, 0.1) is 18.5 Å².